The SMILES string of the molecule is CCc1[nH]nc(C(=O)N(C)C(CC)CSC)c1N. The van der Waals surface area contributed by atoms with Gasteiger partial charge in [-0.15, -0.1) is 0 Å². The molecule has 0 aromatic carbocycles. The molecule has 1 heterocycles. The van der Waals surface area contributed by atoms with Gasteiger partial charge in [0.25, 0.3) is 5.91 Å². The van der Waals surface area contributed by atoms with Crippen molar-refractivity contribution in [1.82, 2.24) is 15.1 Å². The average Bonchev–Trinajstić information content (AvgIpc) is 2.75. The number of amides is 1. The third-order valence-electron chi connectivity index (χ3n) is 3.14. The minimum atomic E-state index is -0.107. The molecule has 5 nitrogen and oxygen atoms in total. The summed E-state index contributed by atoms with van der Waals surface area (Å²) in [6.07, 6.45) is 3.71. The first-order valence-electron chi connectivity index (χ1n) is 6.15. The molecule has 0 saturated heterocycles. The number of aromatic amines is 1. The Labute approximate surface area is 112 Å². The Morgan fingerprint density at radius 1 is 1.56 bits per heavy atom. The zero-order chi connectivity index (χ0) is 13.7. The quantitative estimate of drug-likeness (QED) is 0.826. The van der Waals surface area contributed by atoms with Crippen molar-refractivity contribution in [2.75, 3.05) is 24.8 Å². The van der Waals surface area contributed by atoms with E-state index in [4.69, 9.17) is 5.73 Å². The maximum Gasteiger partial charge on any atom is 0.276 e. The van der Waals surface area contributed by atoms with E-state index in [0.29, 0.717) is 11.4 Å². The summed E-state index contributed by atoms with van der Waals surface area (Å²) in [6.45, 7) is 4.06. The fourth-order valence-corrected chi connectivity index (χ4v) is 2.69. The van der Waals surface area contributed by atoms with Crippen LogP contribution in [0.1, 0.15) is 36.5 Å². The Hall–Kier alpha value is -1.17. The predicted molar refractivity (Wildman–Crippen MR) is 76.9 cm³/mol. The number of nitrogen functional groups attached to an aromatic ring is 1. The van der Waals surface area contributed by atoms with E-state index in [1.165, 1.54) is 0 Å². The number of carbonyl (C=O) groups excluding carboxylic acids is 1. The third-order valence-corrected chi connectivity index (χ3v) is 3.86. The van der Waals surface area contributed by atoms with Gasteiger partial charge in [0.2, 0.25) is 0 Å². The van der Waals surface area contributed by atoms with Crippen molar-refractivity contribution in [3.8, 4) is 0 Å². The van der Waals surface area contributed by atoms with Gasteiger partial charge in [-0.1, -0.05) is 13.8 Å². The standard InChI is InChI=1S/C12H22N4OS/c1-5-8(7-18-4)16(3)12(17)11-10(13)9(6-2)14-15-11/h8H,5-7,13H2,1-4H3,(H,14,15). The molecule has 18 heavy (non-hydrogen) atoms. The first kappa shape index (κ1) is 14.9. The summed E-state index contributed by atoms with van der Waals surface area (Å²) >= 11 is 1.74. The first-order chi connectivity index (χ1) is 8.56. The van der Waals surface area contributed by atoms with Crippen molar-refractivity contribution >= 4 is 23.4 Å². The van der Waals surface area contributed by atoms with E-state index >= 15 is 0 Å². The molecule has 1 atom stereocenters. The number of hydrogen-bond donors (Lipinski definition) is 2. The maximum atomic E-state index is 12.3. The van der Waals surface area contributed by atoms with Crippen LogP contribution in [-0.4, -0.2) is 46.1 Å². The topological polar surface area (TPSA) is 75.0 Å². The van der Waals surface area contributed by atoms with E-state index < -0.39 is 0 Å². The normalized spacial score (nSPS) is 12.4. The number of nitrogens with one attached hydrogen (secondary N) is 1. The van der Waals surface area contributed by atoms with Gasteiger partial charge in [0, 0.05) is 18.8 Å². The van der Waals surface area contributed by atoms with Crippen molar-refractivity contribution in [3.05, 3.63) is 11.4 Å². The zero-order valence-electron chi connectivity index (χ0n) is 11.5. The highest BCUT2D eigenvalue weighted by atomic mass is 32.2. The summed E-state index contributed by atoms with van der Waals surface area (Å²) < 4.78 is 0. The highest BCUT2D eigenvalue weighted by Crippen LogP contribution is 2.18. The van der Waals surface area contributed by atoms with Crippen LogP contribution in [-0.2, 0) is 6.42 Å². The van der Waals surface area contributed by atoms with Crippen LogP contribution in [0.3, 0.4) is 0 Å². The van der Waals surface area contributed by atoms with Crippen LogP contribution in [0.15, 0.2) is 0 Å². The van der Waals surface area contributed by atoms with E-state index in [1.54, 1.807) is 16.7 Å². The number of thioether (sulfide) groups is 1. The predicted octanol–water partition coefficient (Wildman–Crippen LogP) is 1.77. The summed E-state index contributed by atoms with van der Waals surface area (Å²) in [7, 11) is 1.81. The Morgan fingerprint density at radius 2 is 2.22 bits per heavy atom. The molecular formula is C12H22N4OS. The molecule has 1 amide bonds. The van der Waals surface area contributed by atoms with Crippen LogP contribution in [0.4, 0.5) is 5.69 Å². The lowest BCUT2D eigenvalue weighted by Crippen LogP contribution is -2.38. The van der Waals surface area contributed by atoms with Crippen molar-refractivity contribution in [3.63, 3.8) is 0 Å². The Kier molecular flexibility index (Phi) is 5.53. The van der Waals surface area contributed by atoms with Crippen molar-refractivity contribution in [2.24, 2.45) is 0 Å². The molecule has 0 aliphatic heterocycles. The molecule has 0 fully saturated rings. The lowest BCUT2D eigenvalue weighted by molar-refractivity contribution is 0.0738. The van der Waals surface area contributed by atoms with Gasteiger partial charge < -0.3 is 10.6 Å². The smallest absolute Gasteiger partial charge is 0.276 e. The van der Waals surface area contributed by atoms with Crippen molar-refractivity contribution in [2.45, 2.75) is 32.7 Å². The fraction of sp³-hybridized carbons (Fsp3) is 0.667. The summed E-state index contributed by atoms with van der Waals surface area (Å²) in [5.41, 5.74) is 7.57. The summed E-state index contributed by atoms with van der Waals surface area (Å²) in [5, 5.41) is 6.86. The molecule has 0 aliphatic carbocycles. The average molecular weight is 270 g/mol. The van der Waals surface area contributed by atoms with Crippen molar-refractivity contribution in [1.29, 1.82) is 0 Å². The molecule has 0 spiro atoms. The van der Waals surface area contributed by atoms with Gasteiger partial charge >= 0.3 is 0 Å². The van der Waals surface area contributed by atoms with Gasteiger partial charge in [-0.05, 0) is 19.1 Å². The second kappa shape index (κ2) is 6.68. The highest BCUT2D eigenvalue weighted by molar-refractivity contribution is 7.98. The number of rotatable bonds is 6. The van der Waals surface area contributed by atoms with Gasteiger partial charge in [0.15, 0.2) is 5.69 Å². The minimum Gasteiger partial charge on any atom is -0.395 e. The molecule has 1 unspecified atom stereocenters. The number of anilines is 1. The van der Waals surface area contributed by atoms with Crippen LogP contribution < -0.4 is 5.73 Å². The van der Waals surface area contributed by atoms with Crippen molar-refractivity contribution < 1.29 is 4.79 Å². The molecule has 0 saturated carbocycles. The fourth-order valence-electron chi connectivity index (χ4n) is 1.85. The molecule has 1 rings (SSSR count). The number of nitrogens with zero attached hydrogens (tertiary/aromatic N) is 2. The molecule has 6 heteroatoms. The molecule has 0 bridgehead atoms. The molecule has 3 N–H and O–H groups in total. The maximum absolute atomic E-state index is 12.3. The lowest BCUT2D eigenvalue weighted by atomic mass is 10.2. The van der Waals surface area contributed by atoms with Gasteiger partial charge in [-0.25, -0.2) is 0 Å². The van der Waals surface area contributed by atoms with E-state index in [2.05, 4.69) is 17.1 Å². The second-order valence-corrected chi connectivity index (χ2v) is 5.16. The summed E-state index contributed by atoms with van der Waals surface area (Å²) in [5.74, 6) is 0.813. The largest absolute Gasteiger partial charge is 0.395 e. The number of aromatic nitrogens is 2. The molecule has 0 aliphatic rings. The number of nitrogens with two attached hydrogens (primary N) is 1. The number of aryl methyl sites for hydroxylation is 1. The van der Waals surface area contributed by atoms with Crippen LogP contribution in [0.25, 0.3) is 0 Å². The van der Waals surface area contributed by atoms with Gasteiger partial charge in [-0.3, -0.25) is 9.89 Å². The first-order valence-corrected chi connectivity index (χ1v) is 7.54. The highest BCUT2D eigenvalue weighted by Gasteiger charge is 2.24. The molecule has 102 valence electrons. The van der Waals surface area contributed by atoms with Gasteiger partial charge in [0.05, 0.1) is 11.4 Å². The van der Waals surface area contributed by atoms with E-state index in [1.807, 2.05) is 20.2 Å². The number of carbonyl (C=O) groups is 1. The zero-order valence-corrected chi connectivity index (χ0v) is 12.3. The molecule has 1 aromatic heterocycles. The van der Waals surface area contributed by atoms with Crippen LogP contribution >= 0.6 is 11.8 Å². The second-order valence-electron chi connectivity index (χ2n) is 4.25. The Bertz CT molecular complexity index is 405. The third kappa shape index (κ3) is 2.98. The summed E-state index contributed by atoms with van der Waals surface area (Å²) in [6, 6.07) is 0.216. The molecule has 1 aromatic rings. The number of H-pyrrole nitrogens is 1. The Balaban J connectivity index is 2.88. The van der Waals surface area contributed by atoms with Crippen LogP contribution in [0, 0.1) is 0 Å². The minimum absolute atomic E-state index is 0.107. The van der Waals surface area contributed by atoms with E-state index in [9.17, 15) is 4.79 Å². The Morgan fingerprint density at radius 3 is 2.67 bits per heavy atom. The van der Waals surface area contributed by atoms with Gasteiger partial charge in [0.1, 0.15) is 0 Å². The van der Waals surface area contributed by atoms with Gasteiger partial charge in [-0.2, -0.15) is 16.9 Å². The van der Waals surface area contributed by atoms with E-state index in [-0.39, 0.29) is 11.9 Å². The van der Waals surface area contributed by atoms with Crippen LogP contribution in [0.5, 0.6) is 0 Å². The monoisotopic (exact) mass is 270 g/mol. The van der Waals surface area contributed by atoms with E-state index in [0.717, 1.165) is 24.3 Å². The number of hydrogen-bond acceptors (Lipinski definition) is 4. The molecule has 0 radical (unpaired) electrons. The summed E-state index contributed by atoms with van der Waals surface area (Å²) in [4.78, 5) is 14.1. The lowest BCUT2D eigenvalue weighted by Gasteiger charge is -2.26. The van der Waals surface area contributed by atoms with Crippen LogP contribution in [0.2, 0.25) is 0 Å². The molecular weight excluding hydrogens is 248 g/mol.